The summed E-state index contributed by atoms with van der Waals surface area (Å²) in [6.45, 7) is 4.66. The van der Waals surface area contributed by atoms with E-state index >= 15 is 0 Å². The first-order valence-electron chi connectivity index (χ1n) is 25.4. The highest BCUT2D eigenvalue weighted by molar-refractivity contribution is 7.47. The fraction of sp³-hybridized carbons (Fsp3) is 0.625. The van der Waals surface area contributed by atoms with Crippen molar-refractivity contribution in [3.05, 3.63) is 122 Å². The number of phosphoric ester groups is 1. The number of allylic oxidation sites excluding steroid dienone is 20. The van der Waals surface area contributed by atoms with Crippen LogP contribution in [0.5, 0.6) is 0 Å². The molecule has 0 aromatic heterocycles. The van der Waals surface area contributed by atoms with Crippen LogP contribution in [0.3, 0.4) is 0 Å². The van der Waals surface area contributed by atoms with Crippen molar-refractivity contribution in [1.82, 2.24) is 5.32 Å². The average molecular weight is 924 g/mol. The summed E-state index contributed by atoms with van der Waals surface area (Å²) in [4.78, 5) is 23.0. The fourth-order valence-corrected chi connectivity index (χ4v) is 7.22. The number of rotatable bonds is 44. The molecule has 0 radical (unpaired) electrons. The van der Waals surface area contributed by atoms with E-state index in [9.17, 15) is 19.4 Å². The van der Waals surface area contributed by atoms with Gasteiger partial charge >= 0.3 is 7.82 Å². The molecule has 0 heterocycles. The van der Waals surface area contributed by atoms with Crippen molar-refractivity contribution >= 4 is 13.7 Å². The lowest BCUT2D eigenvalue weighted by molar-refractivity contribution is -0.870. The number of phosphoric acid groups is 1. The molecule has 0 aliphatic carbocycles. The summed E-state index contributed by atoms with van der Waals surface area (Å²) in [5.41, 5.74) is 0. The highest BCUT2D eigenvalue weighted by Crippen LogP contribution is 2.43. The van der Waals surface area contributed by atoms with E-state index in [1.165, 1.54) is 32.1 Å². The molecule has 1 amide bonds. The molecule has 3 unspecified atom stereocenters. The normalized spacial score (nSPS) is 15.1. The molecule has 9 heteroatoms. The molecule has 0 saturated carbocycles. The topological polar surface area (TPSA) is 105 Å². The smallest absolute Gasteiger partial charge is 0.391 e. The summed E-state index contributed by atoms with van der Waals surface area (Å²) in [6, 6.07) is -0.773. The molecule has 0 fully saturated rings. The minimum atomic E-state index is -4.32. The number of hydrogen-bond donors (Lipinski definition) is 3. The second-order valence-corrected chi connectivity index (χ2v) is 19.3. The average Bonchev–Trinajstić information content (AvgIpc) is 3.26. The maximum atomic E-state index is 12.8. The number of nitrogens with zero attached hydrogens (tertiary/aromatic N) is 1. The molecular formula is C56H96N2O6P+. The van der Waals surface area contributed by atoms with Crippen LogP contribution in [0, 0.1) is 0 Å². The first-order chi connectivity index (χ1) is 31.5. The van der Waals surface area contributed by atoms with Gasteiger partial charge in [-0.1, -0.05) is 200 Å². The Morgan fingerprint density at radius 1 is 0.538 bits per heavy atom. The van der Waals surface area contributed by atoms with Gasteiger partial charge in [-0.25, -0.2) is 4.57 Å². The molecule has 3 N–H and O–H groups in total. The Bertz CT molecular complexity index is 1460. The van der Waals surface area contributed by atoms with E-state index in [1.807, 2.05) is 21.1 Å². The Morgan fingerprint density at radius 2 is 0.923 bits per heavy atom. The van der Waals surface area contributed by atoms with Gasteiger partial charge in [0, 0.05) is 6.42 Å². The summed E-state index contributed by atoms with van der Waals surface area (Å²) in [5.74, 6) is -0.171. The fourth-order valence-electron chi connectivity index (χ4n) is 6.48. The number of carbonyl (C=O) groups is 1. The molecule has 0 aromatic carbocycles. The lowest BCUT2D eigenvalue weighted by Gasteiger charge is -2.26. The molecular weight excluding hydrogens is 828 g/mol. The van der Waals surface area contributed by atoms with Crippen molar-refractivity contribution in [2.45, 2.75) is 187 Å². The van der Waals surface area contributed by atoms with Crippen molar-refractivity contribution < 1.29 is 32.9 Å². The van der Waals surface area contributed by atoms with Crippen LogP contribution in [0.15, 0.2) is 122 Å². The van der Waals surface area contributed by atoms with Crippen LogP contribution < -0.4 is 5.32 Å². The van der Waals surface area contributed by atoms with E-state index in [0.717, 1.165) is 116 Å². The molecule has 65 heavy (non-hydrogen) atoms. The predicted molar refractivity (Wildman–Crippen MR) is 281 cm³/mol. The minimum Gasteiger partial charge on any atom is -0.391 e. The van der Waals surface area contributed by atoms with E-state index in [-0.39, 0.29) is 19.1 Å². The van der Waals surface area contributed by atoms with Gasteiger partial charge < -0.3 is 19.8 Å². The number of aliphatic hydroxyl groups is 1. The number of nitrogens with one attached hydrogen (secondary N) is 1. The van der Waals surface area contributed by atoms with Gasteiger partial charge in [0.2, 0.25) is 5.91 Å². The molecule has 0 aliphatic heterocycles. The van der Waals surface area contributed by atoms with Crippen LogP contribution >= 0.6 is 7.82 Å². The number of hydrogen-bond acceptors (Lipinski definition) is 5. The molecule has 0 bridgehead atoms. The van der Waals surface area contributed by atoms with Crippen LogP contribution in [-0.2, 0) is 18.4 Å². The van der Waals surface area contributed by atoms with E-state index < -0.39 is 20.0 Å². The van der Waals surface area contributed by atoms with Gasteiger partial charge in [-0.15, -0.1) is 0 Å². The highest BCUT2D eigenvalue weighted by atomic mass is 31.2. The Kier molecular flexibility index (Phi) is 43.8. The second kappa shape index (κ2) is 46.0. The zero-order valence-electron chi connectivity index (χ0n) is 41.9. The standard InChI is InChI=1S/C56H95N2O6P/c1-6-8-10-12-14-15-16-17-18-19-20-21-22-23-24-25-26-27-28-29-30-31-32-33-34-35-36-37-38-39-40-41-42-43-44-46-48-50-56(60)57-54(55(59)49-47-45-13-11-9-7-2)53-64-65(61,62)63-52-51-58(3,4)5/h8,10,14-15,17-18,20-21,23-24,26-27,29-30,32-33,35-36,38-39,54-55,59H,6-7,9,11-13,16,19,22,25,28,31,34,37,40-53H2,1-5H3,(H-,57,60,61,62)/p+1/b10-8-,15-14-,18-17-,21-20-,24-23-,27-26-,30-29-,33-32-,36-35-,39-38-. The summed E-state index contributed by atoms with van der Waals surface area (Å²) in [6.07, 6.45) is 68.5. The van der Waals surface area contributed by atoms with Crippen LogP contribution in [0.4, 0.5) is 0 Å². The van der Waals surface area contributed by atoms with E-state index in [4.69, 9.17) is 9.05 Å². The van der Waals surface area contributed by atoms with Gasteiger partial charge in [0.15, 0.2) is 0 Å². The summed E-state index contributed by atoms with van der Waals surface area (Å²) in [5, 5.41) is 13.8. The first kappa shape index (κ1) is 61.9. The minimum absolute atomic E-state index is 0.0642. The third-order valence-electron chi connectivity index (χ3n) is 10.5. The number of quaternary nitrogens is 1. The third kappa shape index (κ3) is 48.6. The van der Waals surface area contributed by atoms with Gasteiger partial charge in [-0.3, -0.25) is 13.8 Å². The van der Waals surface area contributed by atoms with E-state index in [1.54, 1.807) is 0 Å². The Morgan fingerprint density at radius 3 is 1.35 bits per heavy atom. The Labute approximate surface area is 399 Å². The molecule has 0 aliphatic rings. The summed E-state index contributed by atoms with van der Waals surface area (Å²) >= 11 is 0. The quantitative estimate of drug-likeness (QED) is 0.0243. The van der Waals surface area contributed by atoms with Gasteiger partial charge in [0.1, 0.15) is 13.2 Å². The zero-order chi connectivity index (χ0) is 47.8. The van der Waals surface area contributed by atoms with E-state index in [2.05, 4.69) is 141 Å². The largest absolute Gasteiger partial charge is 0.472 e. The number of unbranched alkanes of at least 4 members (excludes halogenated alkanes) is 11. The van der Waals surface area contributed by atoms with Crippen LogP contribution in [0.1, 0.15) is 174 Å². The maximum Gasteiger partial charge on any atom is 0.472 e. The SMILES string of the molecule is CC/C=C\C/C=C\C/C=C\C/C=C\C/C=C\C/C=C\C/C=C\C/C=C\C/C=C\C/C=C\CCCCCCCCC(=O)NC(COP(=O)(O)OCC[N+](C)(C)C)C(O)CCCCCCCC. The molecule has 370 valence electrons. The lowest BCUT2D eigenvalue weighted by atomic mass is 10.0. The molecule has 0 rings (SSSR count). The highest BCUT2D eigenvalue weighted by Gasteiger charge is 2.28. The number of likely N-dealkylation sites (N-methyl/N-ethyl adjacent to an activating group) is 1. The van der Waals surface area contributed by atoms with Gasteiger partial charge in [-0.05, 0) is 89.9 Å². The third-order valence-corrected chi connectivity index (χ3v) is 11.5. The molecule has 0 aromatic rings. The first-order valence-corrected chi connectivity index (χ1v) is 26.9. The van der Waals surface area contributed by atoms with Gasteiger partial charge in [-0.2, -0.15) is 0 Å². The van der Waals surface area contributed by atoms with Crippen molar-refractivity contribution in [2.24, 2.45) is 0 Å². The van der Waals surface area contributed by atoms with Crippen molar-refractivity contribution in [3.63, 3.8) is 0 Å². The number of amides is 1. The number of carbonyl (C=O) groups excluding carboxylic acids is 1. The van der Waals surface area contributed by atoms with E-state index in [0.29, 0.717) is 23.9 Å². The maximum absolute atomic E-state index is 12.8. The van der Waals surface area contributed by atoms with Crippen LogP contribution in [0.2, 0.25) is 0 Å². The molecule has 0 spiro atoms. The predicted octanol–water partition coefficient (Wildman–Crippen LogP) is 15.0. The van der Waals surface area contributed by atoms with Crippen LogP contribution in [-0.4, -0.2) is 73.4 Å². The molecule has 0 saturated heterocycles. The zero-order valence-corrected chi connectivity index (χ0v) is 42.8. The Hall–Kier alpha value is -3.10. The van der Waals surface area contributed by atoms with Crippen LogP contribution in [0.25, 0.3) is 0 Å². The van der Waals surface area contributed by atoms with Gasteiger partial charge in [0.25, 0.3) is 0 Å². The second-order valence-electron chi connectivity index (χ2n) is 17.8. The molecule has 3 atom stereocenters. The lowest BCUT2D eigenvalue weighted by Crippen LogP contribution is -2.46. The van der Waals surface area contributed by atoms with Crippen molar-refractivity contribution in [2.75, 3.05) is 40.9 Å². The summed E-state index contributed by atoms with van der Waals surface area (Å²) < 4.78 is 23.5. The molecule has 8 nitrogen and oxygen atoms in total. The Balaban J connectivity index is 4.05. The van der Waals surface area contributed by atoms with Crippen molar-refractivity contribution in [1.29, 1.82) is 0 Å². The van der Waals surface area contributed by atoms with Gasteiger partial charge in [0.05, 0.1) is 39.9 Å². The monoisotopic (exact) mass is 924 g/mol. The number of aliphatic hydroxyl groups excluding tert-OH is 1. The van der Waals surface area contributed by atoms with Crippen molar-refractivity contribution in [3.8, 4) is 0 Å². The summed E-state index contributed by atoms with van der Waals surface area (Å²) in [7, 11) is 1.58.